The number of hydrogen-bond acceptors (Lipinski definition) is 2. The van der Waals surface area contributed by atoms with E-state index in [-0.39, 0.29) is 0 Å². The first-order valence-corrected chi connectivity index (χ1v) is 19.1. The molecule has 9 aromatic rings. The third-order valence-corrected chi connectivity index (χ3v) is 10.1. The second-order valence-electron chi connectivity index (χ2n) is 13.9. The van der Waals surface area contributed by atoms with Crippen molar-refractivity contribution >= 4 is 80.0 Å². The summed E-state index contributed by atoms with van der Waals surface area (Å²) >= 11 is 0. The second kappa shape index (κ2) is 15.9. The summed E-state index contributed by atoms with van der Waals surface area (Å²) in [6, 6.07) is 77.6. The van der Waals surface area contributed by atoms with Gasteiger partial charge in [-0.1, -0.05) is 146 Å². The van der Waals surface area contributed by atoms with E-state index in [1.165, 1.54) is 32.7 Å². The Morgan fingerprint density at radius 3 is 0.804 bits per heavy atom. The SMILES string of the molecule is C(=C\c1ccc2cc3cc(/C=C/c4ccc(N(c5ccccc5)c5ccccc5)cc4)ccc3cc2c1)/c1ccc(N(c2ccccc2)c2ccccc2)cc1. The van der Waals surface area contributed by atoms with Crippen LogP contribution in [0.5, 0.6) is 0 Å². The highest BCUT2D eigenvalue weighted by Crippen LogP contribution is 2.36. The Labute approximate surface area is 329 Å². The monoisotopic (exact) mass is 716 g/mol. The van der Waals surface area contributed by atoms with E-state index in [2.05, 4.69) is 252 Å². The molecule has 266 valence electrons. The smallest absolute Gasteiger partial charge is 0.0462 e. The molecule has 0 aliphatic carbocycles. The maximum Gasteiger partial charge on any atom is 0.0462 e. The Hall–Kier alpha value is -7.42. The fraction of sp³-hybridized carbons (Fsp3) is 0. The second-order valence-corrected chi connectivity index (χ2v) is 13.9. The fourth-order valence-electron chi connectivity index (χ4n) is 7.30. The van der Waals surface area contributed by atoms with Gasteiger partial charge in [0.15, 0.2) is 0 Å². The van der Waals surface area contributed by atoms with Gasteiger partial charge in [0.2, 0.25) is 0 Å². The molecular formula is C54H40N2. The zero-order chi connectivity index (χ0) is 37.5. The van der Waals surface area contributed by atoms with E-state index in [0.29, 0.717) is 0 Å². The average molecular weight is 717 g/mol. The number of hydrogen-bond donors (Lipinski definition) is 0. The molecule has 0 amide bonds. The molecule has 0 atom stereocenters. The lowest BCUT2D eigenvalue weighted by atomic mass is 9.99. The van der Waals surface area contributed by atoms with Gasteiger partial charge < -0.3 is 9.80 Å². The number of rotatable bonds is 10. The summed E-state index contributed by atoms with van der Waals surface area (Å²) < 4.78 is 0. The molecule has 0 spiro atoms. The Bertz CT molecular complexity index is 2480. The third-order valence-electron chi connectivity index (χ3n) is 10.1. The zero-order valence-electron chi connectivity index (χ0n) is 31.0. The van der Waals surface area contributed by atoms with E-state index < -0.39 is 0 Å². The van der Waals surface area contributed by atoms with Crippen molar-refractivity contribution in [1.29, 1.82) is 0 Å². The Morgan fingerprint density at radius 2 is 0.482 bits per heavy atom. The van der Waals surface area contributed by atoms with Gasteiger partial charge >= 0.3 is 0 Å². The van der Waals surface area contributed by atoms with E-state index in [4.69, 9.17) is 0 Å². The van der Waals surface area contributed by atoms with Crippen LogP contribution in [0.4, 0.5) is 34.1 Å². The molecule has 2 nitrogen and oxygen atoms in total. The quantitative estimate of drug-likeness (QED) is 0.103. The highest BCUT2D eigenvalue weighted by Gasteiger charge is 2.13. The van der Waals surface area contributed by atoms with E-state index in [1.54, 1.807) is 0 Å². The van der Waals surface area contributed by atoms with Gasteiger partial charge in [-0.05, 0) is 141 Å². The van der Waals surface area contributed by atoms with Gasteiger partial charge in [0, 0.05) is 34.1 Å². The van der Waals surface area contributed by atoms with Crippen LogP contribution in [0.15, 0.2) is 218 Å². The Balaban J connectivity index is 0.903. The number of nitrogens with zero attached hydrogens (tertiary/aromatic N) is 2. The van der Waals surface area contributed by atoms with Crippen molar-refractivity contribution in [2.24, 2.45) is 0 Å². The molecule has 9 aromatic carbocycles. The number of fused-ring (bicyclic) bond motifs is 2. The maximum atomic E-state index is 2.30. The minimum atomic E-state index is 1.12. The predicted octanol–water partition coefficient (Wildman–Crippen LogP) is 15.3. The topological polar surface area (TPSA) is 6.48 Å². The van der Waals surface area contributed by atoms with Crippen molar-refractivity contribution in [2.45, 2.75) is 0 Å². The van der Waals surface area contributed by atoms with Crippen molar-refractivity contribution in [2.75, 3.05) is 9.80 Å². The summed E-state index contributed by atoms with van der Waals surface area (Å²) in [6.45, 7) is 0. The summed E-state index contributed by atoms with van der Waals surface area (Å²) in [6.07, 6.45) is 8.78. The highest BCUT2D eigenvalue weighted by atomic mass is 15.1. The van der Waals surface area contributed by atoms with Gasteiger partial charge in [-0.3, -0.25) is 0 Å². The maximum absolute atomic E-state index is 2.30. The molecule has 0 radical (unpaired) electrons. The van der Waals surface area contributed by atoms with Crippen molar-refractivity contribution in [1.82, 2.24) is 0 Å². The lowest BCUT2D eigenvalue weighted by Gasteiger charge is -2.25. The lowest BCUT2D eigenvalue weighted by Crippen LogP contribution is -2.09. The molecule has 0 saturated carbocycles. The van der Waals surface area contributed by atoms with Crippen LogP contribution in [0, 0.1) is 0 Å². The Kier molecular flexibility index (Phi) is 9.75. The summed E-state index contributed by atoms with van der Waals surface area (Å²) in [5.41, 5.74) is 11.5. The van der Waals surface area contributed by atoms with Crippen LogP contribution in [0.25, 0.3) is 45.8 Å². The summed E-state index contributed by atoms with van der Waals surface area (Å²) in [5.74, 6) is 0. The number of benzene rings is 9. The molecule has 0 aliphatic heterocycles. The van der Waals surface area contributed by atoms with Crippen molar-refractivity contribution in [3.05, 3.63) is 241 Å². The van der Waals surface area contributed by atoms with Crippen LogP contribution in [0.2, 0.25) is 0 Å². The molecule has 0 saturated heterocycles. The Morgan fingerprint density at radius 1 is 0.214 bits per heavy atom. The number of anilines is 6. The van der Waals surface area contributed by atoms with Gasteiger partial charge in [0.25, 0.3) is 0 Å². The summed E-state index contributed by atoms with van der Waals surface area (Å²) in [7, 11) is 0. The molecule has 56 heavy (non-hydrogen) atoms. The molecule has 0 unspecified atom stereocenters. The van der Waals surface area contributed by atoms with Crippen LogP contribution >= 0.6 is 0 Å². The van der Waals surface area contributed by atoms with E-state index in [1.807, 2.05) is 0 Å². The standard InChI is InChI=1S/C54H40N2/c1-5-13-49(14-6-1)55(50-15-7-2-8-16-50)53-33-27-41(28-34-53)21-23-43-25-31-45-40-48-38-44(26-32-46(48)39-47(45)37-43)24-22-42-29-35-54(36-30-42)56(51-17-9-3-10-18-51)52-19-11-4-12-20-52/h1-40H/b23-21+,24-22+. The first-order valence-electron chi connectivity index (χ1n) is 19.1. The van der Waals surface area contributed by atoms with Crippen LogP contribution in [-0.4, -0.2) is 0 Å². The van der Waals surface area contributed by atoms with Crippen molar-refractivity contribution < 1.29 is 0 Å². The molecular weight excluding hydrogens is 677 g/mol. The molecule has 0 bridgehead atoms. The van der Waals surface area contributed by atoms with Crippen LogP contribution in [-0.2, 0) is 0 Å². The molecule has 0 aromatic heterocycles. The molecule has 0 N–H and O–H groups in total. The van der Waals surface area contributed by atoms with Crippen molar-refractivity contribution in [3.63, 3.8) is 0 Å². The minimum absolute atomic E-state index is 1.12. The molecule has 0 fully saturated rings. The third kappa shape index (κ3) is 7.64. The van der Waals surface area contributed by atoms with E-state index in [9.17, 15) is 0 Å². The highest BCUT2D eigenvalue weighted by molar-refractivity contribution is 6.00. The van der Waals surface area contributed by atoms with Gasteiger partial charge in [-0.2, -0.15) is 0 Å². The zero-order valence-corrected chi connectivity index (χ0v) is 31.0. The first kappa shape index (κ1) is 34.4. The first-order chi connectivity index (χ1) is 27.7. The van der Waals surface area contributed by atoms with Crippen LogP contribution in [0.1, 0.15) is 22.3 Å². The largest absolute Gasteiger partial charge is 0.311 e. The molecule has 2 heteroatoms. The number of para-hydroxylation sites is 4. The van der Waals surface area contributed by atoms with Crippen LogP contribution < -0.4 is 9.80 Å². The van der Waals surface area contributed by atoms with Gasteiger partial charge in [-0.25, -0.2) is 0 Å². The van der Waals surface area contributed by atoms with E-state index >= 15 is 0 Å². The van der Waals surface area contributed by atoms with E-state index in [0.717, 1.165) is 45.3 Å². The fourth-order valence-corrected chi connectivity index (χ4v) is 7.30. The van der Waals surface area contributed by atoms with Gasteiger partial charge in [0.05, 0.1) is 0 Å². The average Bonchev–Trinajstić information content (AvgIpc) is 3.27. The summed E-state index contributed by atoms with van der Waals surface area (Å²) in [5, 5.41) is 4.94. The van der Waals surface area contributed by atoms with Crippen LogP contribution in [0.3, 0.4) is 0 Å². The molecule has 0 heterocycles. The summed E-state index contributed by atoms with van der Waals surface area (Å²) in [4.78, 5) is 4.57. The molecule has 0 aliphatic rings. The predicted molar refractivity (Wildman–Crippen MR) is 242 cm³/mol. The lowest BCUT2D eigenvalue weighted by molar-refractivity contribution is 1.28. The van der Waals surface area contributed by atoms with Gasteiger partial charge in [0.1, 0.15) is 0 Å². The molecule has 9 rings (SSSR count). The van der Waals surface area contributed by atoms with Crippen molar-refractivity contribution in [3.8, 4) is 0 Å². The minimum Gasteiger partial charge on any atom is -0.311 e. The van der Waals surface area contributed by atoms with Gasteiger partial charge in [-0.15, -0.1) is 0 Å². The normalized spacial score (nSPS) is 11.4.